The molecule has 0 amide bonds. The summed E-state index contributed by atoms with van der Waals surface area (Å²) in [7, 11) is 1.69. The maximum absolute atomic E-state index is 9.81. The Labute approximate surface area is 109 Å². The van der Waals surface area contributed by atoms with Gasteiger partial charge in [0.15, 0.2) is 0 Å². The molecule has 0 saturated heterocycles. The van der Waals surface area contributed by atoms with Crippen LogP contribution in [-0.2, 0) is 11.2 Å². The summed E-state index contributed by atoms with van der Waals surface area (Å²) in [4.78, 5) is 0. The van der Waals surface area contributed by atoms with Gasteiger partial charge in [-0.1, -0.05) is 12.1 Å². The molecule has 0 unspecified atom stereocenters. The normalized spacial score (nSPS) is 13.4. The van der Waals surface area contributed by atoms with Crippen LogP contribution in [0.15, 0.2) is 24.3 Å². The van der Waals surface area contributed by atoms with E-state index in [-0.39, 0.29) is 6.61 Å². The maximum Gasteiger partial charge on any atom is 0.142 e. The molecule has 0 aliphatic heterocycles. The predicted molar refractivity (Wildman–Crippen MR) is 70.5 cm³/mol. The highest BCUT2D eigenvalue weighted by Gasteiger charge is 2.27. The van der Waals surface area contributed by atoms with E-state index in [1.54, 1.807) is 7.11 Å². The molecular weight excluding hydrogens is 230 g/mol. The largest absolute Gasteiger partial charge is 0.491 e. The fraction of sp³-hybridized carbons (Fsp3) is 0.571. The molecule has 1 aromatic rings. The first-order valence-electron chi connectivity index (χ1n) is 6.17. The molecule has 0 spiro atoms. The first-order valence-corrected chi connectivity index (χ1v) is 6.17. The van der Waals surface area contributed by atoms with Crippen molar-refractivity contribution in [3.8, 4) is 5.75 Å². The summed E-state index contributed by atoms with van der Waals surface area (Å²) >= 11 is 0. The van der Waals surface area contributed by atoms with E-state index in [0.717, 1.165) is 12.2 Å². The molecule has 0 saturated carbocycles. The third kappa shape index (κ3) is 5.04. The highest BCUT2D eigenvalue weighted by molar-refractivity contribution is 5.27. The number of hydrogen-bond donors (Lipinski definition) is 2. The lowest BCUT2D eigenvalue weighted by molar-refractivity contribution is -0.485. The summed E-state index contributed by atoms with van der Waals surface area (Å²) in [6.45, 7) is 4.74. The highest BCUT2D eigenvalue weighted by Crippen LogP contribution is 2.14. The van der Waals surface area contributed by atoms with Crippen LogP contribution in [0.5, 0.6) is 5.75 Å². The van der Waals surface area contributed by atoms with Crippen LogP contribution in [0, 0.1) is 0 Å². The Morgan fingerprint density at radius 3 is 2.39 bits per heavy atom. The van der Waals surface area contributed by atoms with Gasteiger partial charge in [0.1, 0.15) is 24.0 Å². The molecule has 0 radical (unpaired) electrons. The average Bonchev–Trinajstić information content (AvgIpc) is 2.33. The van der Waals surface area contributed by atoms with Gasteiger partial charge in [0.25, 0.3) is 0 Å². The second kappa shape index (κ2) is 6.73. The monoisotopic (exact) mass is 254 g/mol. The van der Waals surface area contributed by atoms with Gasteiger partial charge in [-0.2, -0.15) is 0 Å². The van der Waals surface area contributed by atoms with Crippen molar-refractivity contribution in [3.63, 3.8) is 0 Å². The number of benzene rings is 1. The molecule has 0 fully saturated rings. The van der Waals surface area contributed by atoms with Crippen LogP contribution in [0.25, 0.3) is 0 Å². The fourth-order valence-corrected chi connectivity index (χ4v) is 1.37. The van der Waals surface area contributed by atoms with Crippen LogP contribution in [-0.4, -0.2) is 37.1 Å². The Kier molecular flexibility index (Phi) is 5.59. The van der Waals surface area contributed by atoms with Gasteiger partial charge in [0.2, 0.25) is 0 Å². The molecule has 0 aliphatic rings. The standard InChI is InChI=1S/C14H23NO3/c1-14(2,15)13(16)10-18-12-6-4-11(5-7-12)8-9-17-3/h4-7,13,16H,8-10,15H2,1-3H3/p+1/t13-/m0/s1. The molecule has 0 bridgehead atoms. The lowest BCUT2D eigenvalue weighted by Gasteiger charge is -2.22. The second-order valence-corrected chi connectivity index (χ2v) is 5.20. The molecule has 1 aromatic carbocycles. The maximum atomic E-state index is 9.81. The number of rotatable bonds is 7. The first-order chi connectivity index (χ1) is 8.43. The van der Waals surface area contributed by atoms with Gasteiger partial charge in [0.05, 0.1) is 6.61 Å². The number of ether oxygens (including phenoxy) is 2. The zero-order valence-corrected chi connectivity index (χ0v) is 11.5. The van der Waals surface area contributed by atoms with Crippen LogP contribution in [0.1, 0.15) is 19.4 Å². The number of quaternary nitrogens is 1. The summed E-state index contributed by atoms with van der Waals surface area (Å²) in [5.74, 6) is 0.763. The minimum atomic E-state index is -0.578. The summed E-state index contributed by atoms with van der Waals surface area (Å²) in [5, 5.41) is 9.81. The van der Waals surface area contributed by atoms with Crippen LogP contribution in [0.2, 0.25) is 0 Å². The zero-order valence-electron chi connectivity index (χ0n) is 11.5. The fourth-order valence-electron chi connectivity index (χ4n) is 1.37. The summed E-state index contributed by atoms with van der Waals surface area (Å²) in [6, 6.07) is 7.84. The van der Waals surface area contributed by atoms with Gasteiger partial charge in [-0.15, -0.1) is 0 Å². The summed E-state index contributed by atoms with van der Waals surface area (Å²) in [5.41, 5.74) is 4.69. The molecule has 0 aromatic heterocycles. The Morgan fingerprint density at radius 1 is 1.28 bits per heavy atom. The van der Waals surface area contributed by atoms with Crippen molar-refractivity contribution in [3.05, 3.63) is 29.8 Å². The zero-order chi connectivity index (χ0) is 13.6. The van der Waals surface area contributed by atoms with E-state index in [4.69, 9.17) is 9.47 Å². The van der Waals surface area contributed by atoms with Crippen LogP contribution in [0.4, 0.5) is 0 Å². The molecule has 4 heteroatoms. The van der Waals surface area contributed by atoms with Crippen LogP contribution in [0.3, 0.4) is 0 Å². The molecule has 18 heavy (non-hydrogen) atoms. The smallest absolute Gasteiger partial charge is 0.142 e. The minimum absolute atomic E-state index is 0.258. The molecule has 1 rings (SSSR count). The lowest BCUT2D eigenvalue weighted by Crippen LogP contribution is -2.75. The average molecular weight is 254 g/mol. The van der Waals surface area contributed by atoms with Crippen molar-refractivity contribution >= 4 is 0 Å². The molecule has 102 valence electrons. The molecule has 1 atom stereocenters. The van der Waals surface area contributed by atoms with E-state index in [1.807, 2.05) is 38.1 Å². The van der Waals surface area contributed by atoms with Gasteiger partial charge in [-0.05, 0) is 38.0 Å². The van der Waals surface area contributed by atoms with Crippen LogP contribution < -0.4 is 10.5 Å². The van der Waals surface area contributed by atoms with Crippen molar-refractivity contribution in [2.75, 3.05) is 20.3 Å². The van der Waals surface area contributed by atoms with Gasteiger partial charge in [0, 0.05) is 7.11 Å². The highest BCUT2D eigenvalue weighted by atomic mass is 16.5. The summed E-state index contributed by atoms with van der Waals surface area (Å²) < 4.78 is 10.6. The Bertz CT molecular complexity index is 343. The Hall–Kier alpha value is -1.10. The second-order valence-electron chi connectivity index (χ2n) is 5.20. The Morgan fingerprint density at radius 2 is 1.89 bits per heavy atom. The SMILES string of the molecule is COCCc1ccc(OC[C@H](O)C(C)(C)[NH3+])cc1. The molecule has 0 heterocycles. The van der Waals surface area contributed by atoms with Gasteiger partial charge in [-0.3, -0.25) is 0 Å². The van der Waals surface area contributed by atoms with Gasteiger partial charge < -0.3 is 20.3 Å². The number of methoxy groups -OCH3 is 1. The summed E-state index contributed by atoms with van der Waals surface area (Å²) in [6.07, 6.45) is 0.316. The quantitative estimate of drug-likeness (QED) is 0.750. The van der Waals surface area contributed by atoms with E-state index >= 15 is 0 Å². The number of aliphatic hydroxyl groups is 1. The molecule has 0 aliphatic carbocycles. The molecule has 4 N–H and O–H groups in total. The Balaban J connectivity index is 2.44. The van der Waals surface area contributed by atoms with Crippen molar-refractivity contribution < 1.29 is 20.3 Å². The molecule has 4 nitrogen and oxygen atoms in total. The first kappa shape index (κ1) is 15.0. The van der Waals surface area contributed by atoms with E-state index in [1.165, 1.54) is 5.56 Å². The molecular formula is C14H24NO3+. The number of aliphatic hydroxyl groups excluding tert-OH is 1. The van der Waals surface area contributed by atoms with Crippen molar-refractivity contribution in [2.24, 2.45) is 0 Å². The van der Waals surface area contributed by atoms with E-state index in [0.29, 0.717) is 6.61 Å². The van der Waals surface area contributed by atoms with E-state index in [9.17, 15) is 5.11 Å². The third-order valence-corrected chi connectivity index (χ3v) is 2.83. The van der Waals surface area contributed by atoms with Gasteiger partial charge >= 0.3 is 0 Å². The topological polar surface area (TPSA) is 66.3 Å². The van der Waals surface area contributed by atoms with E-state index < -0.39 is 11.6 Å². The third-order valence-electron chi connectivity index (χ3n) is 2.83. The van der Waals surface area contributed by atoms with Crippen LogP contribution >= 0.6 is 0 Å². The lowest BCUT2D eigenvalue weighted by atomic mass is 10.00. The van der Waals surface area contributed by atoms with E-state index in [2.05, 4.69) is 5.73 Å². The minimum Gasteiger partial charge on any atom is -0.491 e. The predicted octanol–water partition coefficient (Wildman–Crippen LogP) is 0.636. The van der Waals surface area contributed by atoms with Crippen molar-refractivity contribution in [1.29, 1.82) is 0 Å². The number of hydrogen-bond acceptors (Lipinski definition) is 3. The van der Waals surface area contributed by atoms with Gasteiger partial charge in [-0.25, -0.2) is 0 Å². The van der Waals surface area contributed by atoms with Crippen molar-refractivity contribution in [2.45, 2.75) is 31.9 Å². The van der Waals surface area contributed by atoms with Crippen molar-refractivity contribution in [1.82, 2.24) is 0 Å².